The van der Waals surface area contributed by atoms with Crippen molar-refractivity contribution in [3.8, 4) is 17.0 Å². The van der Waals surface area contributed by atoms with Gasteiger partial charge in [-0.2, -0.15) is 0 Å². The molecule has 5 rings (SSSR count). The third-order valence-electron chi connectivity index (χ3n) is 5.25. The lowest BCUT2D eigenvalue weighted by Crippen LogP contribution is -2.43. The molecule has 0 unspecified atom stereocenters. The summed E-state index contributed by atoms with van der Waals surface area (Å²) >= 11 is 1.38. The Morgan fingerprint density at radius 2 is 2.03 bits per heavy atom. The zero-order valence-corrected chi connectivity index (χ0v) is 16.5. The van der Waals surface area contributed by atoms with E-state index >= 15 is 0 Å². The zero-order chi connectivity index (χ0) is 19.8. The van der Waals surface area contributed by atoms with Crippen LogP contribution in [-0.2, 0) is 22.4 Å². The van der Waals surface area contributed by atoms with E-state index in [2.05, 4.69) is 28.5 Å². The summed E-state index contributed by atoms with van der Waals surface area (Å²) in [6.45, 7) is -0.142. The molecule has 7 heteroatoms. The van der Waals surface area contributed by atoms with E-state index in [1.54, 1.807) is 12.1 Å². The Labute approximate surface area is 172 Å². The minimum absolute atomic E-state index is 0.0655. The van der Waals surface area contributed by atoms with Gasteiger partial charge in [-0.3, -0.25) is 14.5 Å². The van der Waals surface area contributed by atoms with Crippen molar-refractivity contribution in [1.82, 2.24) is 4.98 Å². The number of amides is 2. The van der Waals surface area contributed by atoms with Gasteiger partial charge in [-0.15, -0.1) is 11.3 Å². The molecular weight excluding hydrogens is 386 g/mol. The molecule has 6 nitrogen and oxygen atoms in total. The molecule has 1 aromatic heterocycles. The van der Waals surface area contributed by atoms with Gasteiger partial charge in [0.15, 0.2) is 11.7 Å². The lowest BCUT2D eigenvalue weighted by molar-refractivity contribution is -0.123. The topological polar surface area (TPSA) is 71.5 Å². The van der Waals surface area contributed by atoms with E-state index in [-0.39, 0.29) is 25.0 Å². The summed E-state index contributed by atoms with van der Waals surface area (Å²) in [5, 5.41) is 5.29. The first-order valence-electron chi connectivity index (χ1n) is 9.57. The predicted molar refractivity (Wildman–Crippen MR) is 112 cm³/mol. The van der Waals surface area contributed by atoms with Crippen LogP contribution in [0.15, 0.2) is 47.8 Å². The molecule has 3 aromatic rings. The van der Waals surface area contributed by atoms with Gasteiger partial charge in [0.05, 0.1) is 11.4 Å². The van der Waals surface area contributed by atoms with Gasteiger partial charge >= 0.3 is 0 Å². The fourth-order valence-electron chi connectivity index (χ4n) is 3.82. The molecule has 146 valence electrons. The number of aryl methyl sites for hydroxylation is 2. The second kappa shape index (κ2) is 7.33. The van der Waals surface area contributed by atoms with Crippen molar-refractivity contribution in [2.45, 2.75) is 19.3 Å². The van der Waals surface area contributed by atoms with Gasteiger partial charge < -0.3 is 10.1 Å². The summed E-state index contributed by atoms with van der Waals surface area (Å²) in [6.07, 6.45) is 3.48. The van der Waals surface area contributed by atoms with Gasteiger partial charge in [0.25, 0.3) is 5.91 Å². The van der Waals surface area contributed by atoms with Crippen molar-refractivity contribution < 1.29 is 14.3 Å². The highest BCUT2D eigenvalue weighted by atomic mass is 32.1. The Morgan fingerprint density at radius 3 is 2.97 bits per heavy atom. The molecular formula is C22H19N3O3S. The Balaban J connectivity index is 1.29. The highest BCUT2D eigenvalue weighted by Crippen LogP contribution is 2.32. The quantitative estimate of drug-likeness (QED) is 0.719. The van der Waals surface area contributed by atoms with Crippen LogP contribution in [0.1, 0.15) is 17.5 Å². The zero-order valence-electron chi connectivity index (χ0n) is 15.7. The van der Waals surface area contributed by atoms with Gasteiger partial charge in [-0.25, -0.2) is 4.98 Å². The summed E-state index contributed by atoms with van der Waals surface area (Å²) in [6, 6.07) is 13.7. The molecule has 1 N–H and O–H groups in total. The van der Waals surface area contributed by atoms with Crippen LogP contribution in [0.3, 0.4) is 0 Å². The first-order valence-corrected chi connectivity index (χ1v) is 10.4. The molecule has 1 aliphatic heterocycles. The molecule has 1 aliphatic carbocycles. The van der Waals surface area contributed by atoms with Crippen molar-refractivity contribution >= 4 is 34.0 Å². The van der Waals surface area contributed by atoms with E-state index in [0.717, 1.165) is 24.1 Å². The number of nitrogens with one attached hydrogen (secondary N) is 1. The van der Waals surface area contributed by atoms with Crippen LogP contribution in [0.5, 0.6) is 5.75 Å². The van der Waals surface area contributed by atoms with E-state index in [9.17, 15) is 9.59 Å². The van der Waals surface area contributed by atoms with Crippen LogP contribution in [0, 0.1) is 0 Å². The number of carbonyl (C=O) groups excluding carboxylic acids is 2. The molecule has 29 heavy (non-hydrogen) atoms. The van der Waals surface area contributed by atoms with Crippen LogP contribution in [0.2, 0.25) is 0 Å². The number of ether oxygens (including phenoxy) is 1. The molecule has 0 bridgehead atoms. The molecule has 0 spiro atoms. The van der Waals surface area contributed by atoms with Crippen molar-refractivity contribution in [3.05, 3.63) is 59.0 Å². The summed E-state index contributed by atoms with van der Waals surface area (Å²) < 4.78 is 5.42. The Morgan fingerprint density at radius 1 is 1.17 bits per heavy atom. The minimum Gasteiger partial charge on any atom is -0.482 e. The van der Waals surface area contributed by atoms with Gasteiger partial charge in [0, 0.05) is 10.9 Å². The number of benzene rings is 2. The van der Waals surface area contributed by atoms with Crippen LogP contribution < -0.4 is 15.0 Å². The number of anilines is 2. The first-order chi connectivity index (χ1) is 14.2. The van der Waals surface area contributed by atoms with E-state index in [1.807, 2.05) is 17.5 Å². The lowest BCUT2D eigenvalue weighted by Gasteiger charge is -2.28. The summed E-state index contributed by atoms with van der Waals surface area (Å²) in [7, 11) is 0. The molecule has 2 heterocycles. The standard InChI is InChI=1S/C22H19N3O3S/c26-20(11-25-18-6-1-2-7-19(18)28-12-21(25)27)24-22-23-17(13-29-22)16-9-8-14-4-3-5-15(14)10-16/h1-2,6-10,13H,3-5,11-12H2,(H,23,24,26). The average Bonchev–Trinajstić information content (AvgIpc) is 3.39. The third kappa shape index (κ3) is 3.49. The molecule has 2 aliphatic rings. The van der Waals surface area contributed by atoms with Gasteiger partial charge in [-0.05, 0) is 48.6 Å². The molecule has 2 amide bonds. The Hall–Kier alpha value is -3.19. The fourth-order valence-corrected chi connectivity index (χ4v) is 4.56. The maximum atomic E-state index is 12.6. The second-order valence-electron chi connectivity index (χ2n) is 7.16. The Kier molecular flexibility index (Phi) is 4.52. The SMILES string of the molecule is O=C(CN1C(=O)COc2ccccc21)Nc1nc(-c2ccc3c(c2)CCC3)cs1. The van der Waals surface area contributed by atoms with E-state index in [4.69, 9.17) is 4.74 Å². The molecule has 0 saturated heterocycles. The number of hydrogen-bond acceptors (Lipinski definition) is 5. The smallest absolute Gasteiger partial charge is 0.265 e. The van der Waals surface area contributed by atoms with Crippen LogP contribution in [-0.4, -0.2) is 29.9 Å². The molecule has 0 radical (unpaired) electrons. The number of thiazole rings is 1. The van der Waals surface area contributed by atoms with E-state index < -0.39 is 0 Å². The fraction of sp³-hybridized carbons (Fsp3) is 0.227. The number of para-hydroxylation sites is 2. The number of aromatic nitrogens is 1. The van der Waals surface area contributed by atoms with E-state index in [1.165, 1.54) is 33.8 Å². The van der Waals surface area contributed by atoms with Crippen LogP contribution >= 0.6 is 11.3 Å². The van der Waals surface area contributed by atoms with Gasteiger partial charge in [0.2, 0.25) is 5.91 Å². The predicted octanol–water partition coefficient (Wildman–Crippen LogP) is 3.66. The maximum Gasteiger partial charge on any atom is 0.265 e. The van der Waals surface area contributed by atoms with Crippen LogP contribution in [0.4, 0.5) is 10.8 Å². The van der Waals surface area contributed by atoms with Gasteiger partial charge in [-0.1, -0.05) is 24.3 Å². The molecule has 0 saturated carbocycles. The summed E-state index contributed by atoms with van der Waals surface area (Å²) in [5.74, 6) is 0.0785. The van der Waals surface area contributed by atoms with Crippen molar-refractivity contribution in [3.63, 3.8) is 0 Å². The van der Waals surface area contributed by atoms with Crippen LogP contribution in [0.25, 0.3) is 11.3 Å². The lowest BCUT2D eigenvalue weighted by atomic mass is 10.1. The van der Waals surface area contributed by atoms with Crippen molar-refractivity contribution in [2.75, 3.05) is 23.4 Å². The normalized spacial score (nSPS) is 14.9. The minimum atomic E-state index is -0.287. The van der Waals surface area contributed by atoms with Gasteiger partial charge in [0.1, 0.15) is 12.3 Å². The molecule has 0 fully saturated rings. The maximum absolute atomic E-state index is 12.6. The number of rotatable bonds is 4. The van der Waals surface area contributed by atoms with Crippen molar-refractivity contribution in [1.29, 1.82) is 0 Å². The molecule has 0 atom stereocenters. The van der Waals surface area contributed by atoms with E-state index in [0.29, 0.717) is 16.6 Å². The summed E-state index contributed by atoms with van der Waals surface area (Å²) in [4.78, 5) is 30.8. The van der Waals surface area contributed by atoms with Crippen molar-refractivity contribution in [2.24, 2.45) is 0 Å². The number of fused-ring (bicyclic) bond motifs is 2. The number of carbonyl (C=O) groups is 2. The Bertz CT molecular complexity index is 1110. The third-order valence-corrected chi connectivity index (χ3v) is 6.01. The summed E-state index contributed by atoms with van der Waals surface area (Å²) in [5.41, 5.74) is 5.35. The first kappa shape index (κ1) is 17.9. The second-order valence-corrected chi connectivity index (χ2v) is 8.02. The average molecular weight is 405 g/mol. The number of hydrogen-bond donors (Lipinski definition) is 1. The highest BCUT2D eigenvalue weighted by molar-refractivity contribution is 7.14. The monoisotopic (exact) mass is 405 g/mol. The molecule has 2 aromatic carbocycles. The highest BCUT2D eigenvalue weighted by Gasteiger charge is 2.27. The largest absolute Gasteiger partial charge is 0.482 e. The number of nitrogens with zero attached hydrogens (tertiary/aromatic N) is 2.